The van der Waals surface area contributed by atoms with Gasteiger partial charge in [-0.3, -0.25) is 10.2 Å². The molecule has 3 N–H and O–H groups in total. The summed E-state index contributed by atoms with van der Waals surface area (Å²) in [6.45, 7) is -1.46. The van der Waals surface area contributed by atoms with Gasteiger partial charge in [0.2, 0.25) is 5.88 Å². The molecule has 1 rings (SSSR count). The molecule has 1 amide bonds. The van der Waals surface area contributed by atoms with Gasteiger partial charge in [-0.25, -0.2) is 10.8 Å². The number of alkyl halides is 3. The second-order valence-corrected chi connectivity index (χ2v) is 2.76. The SMILES string of the molecule is NNC(=O)c1ccnc(OCC(F)(F)F)c1. The minimum atomic E-state index is -4.45. The lowest BCUT2D eigenvalue weighted by Gasteiger charge is -2.08. The Morgan fingerprint density at radius 1 is 1.56 bits per heavy atom. The number of aromatic nitrogens is 1. The monoisotopic (exact) mass is 235 g/mol. The molecule has 1 aromatic heterocycles. The first kappa shape index (κ1) is 12.2. The Bertz CT molecular complexity index is 381. The summed E-state index contributed by atoms with van der Waals surface area (Å²) >= 11 is 0. The average molecular weight is 235 g/mol. The number of hydrogen-bond donors (Lipinski definition) is 2. The van der Waals surface area contributed by atoms with Gasteiger partial charge in [0.05, 0.1) is 0 Å². The van der Waals surface area contributed by atoms with Crippen molar-refractivity contribution in [3.05, 3.63) is 23.9 Å². The maximum atomic E-state index is 11.8. The minimum Gasteiger partial charge on any atom is -0.468 e. The topological polar surface area (TPSA) is 77.2 Å². The molecule has 88 valence electrons. The molecule has 0 saturated heterocycles. The van der Waals surface area contributed by atoms with Gasteiger partial charge in [0.1, 0.15) is 0 Å². The maximum Gasteiger partial charge on any atom is 0.422 e. The molecule has 0 fully saturated rings. The number of ether oxygens (including phenoxy) is 1. The van der Waals surface area contributed by atoms with E-state index in [0.29, 0.717) is 0 Å². The van der Waals surface area contributed by atoms with Crippen LogP contribution in [0.4, 0.5) is 13.2 Å². The molecule has 16 heavy (non-hydrogen) atoms. The van der Waals surface area contributed by atoms with Crippen LogP contribution in [0.15, 0.2) is 18.3 Å². The lowest BCUT2D eigenvalue weighted by atomic mass is 10.2. The number of carbonyl (C=O) groups is 1. The van der Waals surface area contributed by atoms with E-state index < -0.39 is 18.7 Å². The zero-order valence-corrected chi connectivity index (χ0v) is 7.91. The number of rotatable bonds is 3. The number of nitrogen functional groups attached to an aromatic ring is 1. The largest absolute Gasteiger partial charge is 0.468 e. The Hall–Kier alpha value is -1.83. The van der Waals surface area contributed by atoms with Crippen molar-refractivity contribution >= 4 is 5.91 Å². The number of nitrogens with two attached hydrogens (primary N) is 1. The highest BCUT2D eigenvalue weighted by Gasteiger charge is 2.28. The second kappa shape index (κ2) is 4.79. The van der Waals surface area contributed by atoms with Crippen LogP contribution in [0.1, 0.15) is 10.4 Å². The molecule has 0 unspecified atom stereocenters. The van der Waals surface area contributed by atoms with Crippen LogP contribution >= 0.6 is 0 Å². The molecule has 5 nitrogen and oxygen atoms in total. The summed E-state index contributed by atoms with van der Waals surface area (Å²) in [6, 6.07) is 2.36. The van der Waals surface area contributed by atoms with E-state index in [9.17, 15) is 18.0 Å². The zero-order valence-electron chi connectivity index (χ0n) is 7.91. The number of pyridine rings is 1. The van der Waals surface area contributed by atoms with Crippen molar-refractivity contribution in [1.29, 1.82) is 0 Å². The van der Waals surface area contributed by atoms with Gasteiger partial charge in [-0.2, -0.15) is 13.2 Å². The molecule has 0 saturated carbocycles. The van der Waals surface area contributed by atoms with E-state index >= 15 is 0 Å². The smallest absolute Gasteiger partial charge is 0.422 e. The van der Waals surface area contributed by atoms with E-state index in [2.05, 4.69) is 9.72 Å². The number of hydrazine groups is 1. The number of halogens is 3. The highest BCUT2D eigenvalue weighted by atomic mass is 19.4. The first-order valence-corrected chi connectivity index (χ1v) is 4.09. The van der Waals surface area contributed by atoms with Crippen molar-refractivity contribution < 1.29 is 22.7 Å². The van der Waals surface area contributed by atoms with Gasteiger partial charge in [-0.1, -0.05) is 0 Å². The molecular weight excluding hydrogens is 227 g/mol. The first-order valence-electron chi connectivity index (χ1n) is 4.09. The molecule has 0 atom stereocenters. The van der Waals surface area contributed by atoms with Crippen molar-refractivity contribution in [3.63, 3.8) is 0 Å². The summed E-state index contributed by atoms with van der Waals surface area (Å²) in [6.07, 6.45) is -3.30. The highest BCUT2D eigenvalue weighted by molar-refractivity contribution is 5.93. The maximum absolute atomic E-state index is 11.8. The highest BCUT2D eigenvalue weighted by Crippen LogP contribution is 2.17. The molecule has 0 aliphatic rings. The zero-order chi connectivity index (χ0) is 12.2. The normalized spacial score (nSPS) is 11.0. The quantitative estimate of drug-likeness (QED) is 0.457. The summed E-state index contributed by atoms with van der Waals surface area (Å²) < 4.78 is 39.8. The van der Waals surface area contributed by atoms with Crippen LogP contribution in [0.3, 0.4) is 0 Å². The molecular formula is C8H8F3N3O2. The molecule has 0 aliphatic carbocycles. The van der Waals surface area contributed by atoms with Crippen molar-refractivity contribution in [3.8, 4) is 5.88 Å². The van der Waals surface area contributed by atoms with Crippen LogP contribution in [0.25, 0.3) is 0 Å². The number of nitrogens with one attached hydrogen (secondary N) is 1. The lowest BCUT2D eigenvalue weighted by Crippen LogP contribution is -2.30. The molecule has 1 aromatic rings. The third-order valence-corrected chi connectivity index (χ3v) is 1.51. The standard InChI is InChI=1S/C8H8F3N3O2/c9-8(10,11)4-16-6-3-5(1-2-13-6)7(15)14-12/h1-3H,4,12H2,(H,14,15). The third kappa shape index (κ3) is 3.73. The van der Waals surface area contributed by atoms with Crippen LogP contribution in [-0.4, -0.2) is 23.7 Å². The average Bonchev–Trinajstić information content (AvgIpc) is 2.25. The van der Waals surface area contributed by atoms with E-state index in [4.69, 9.17) is 5.84 Å². The third-order valence-electron chi connectivity index (χ3n) is 1.51. The molecule has 0 bridgehead atoms. The van der Waals surface area contributed by atoms with E-state index in [-0.39, 0.29) is 11.4 Å². The number of nitrogens with zero attached hydrogens (tertiary/aromatic N) is 1. The summed E-state index contributed by atoms with van der Waals surface area (Å²) in [7, 11) is 0. The fraction of sp³-hybridized carbons (Fsp3) is 0.250. The predicted octanol–water partition coefficient (Wildman–Crippen LogP) is 0.626. The van der Waals surface area contributed by atoms with Crippen molar-refractivity contribution in [2.45, 2.75) is 6.18 Å². The minimum absolute atomic E-state index is 0.0645. The summed E-state index contributed by atoms with van der Waals surface area (Å²) in [5.41, 5.74) is 1.90. The van der Waals surface area contributed by atoms with Gasteiger partial charge >= 0.3 is 6.18 Å². The Morgan fingerprint density at radius 3 is 2.81 bits per heavy atom. The number of amides is 1. The van der Waals surface area contributed by atoms with Crippen LogP contribution in [0.5, 0.6) is 5.88 Å². The predicted molar refractivity (Wildman–Crippen MR) is 47.4 cm³/mol. The Kier molecular flexibility index (Phi) is 3.67. The van der Waals surface area contributed by atoms with Crippen LogP contribution in [0, 0.1) is 0 Å². The van der Waals surface area contributed by atoms with E-state index in [1.807, 2.05) is 5.43 Å². The Morgan fingerprint density at radius 2 is 2.25 bits per heavy atom. The van der Waals surface area contributed by atoms with E-state index in [0.717, 1.165) is 12.3 Å². The Balaban J connectivity index is 2.71. The van der Waals surface area contributed by atoms with Crippen LogP contribution in [0.2, 0.25) is 0 Å². The van der Waals surface area contributed by atoms with Crippen molar-refractivity contribution in [2.24, 2.45) is 5.84 Å². The van der Waals surface area contributed by atoms with Gasteiger partial charge < -0.3 is 4.74 Å². The summed E-state index contributed by atoms with van der Waals surface area (Å²) in [4.78, 5) is 14.5. The van der Waals surface area contributed by atoms with Gasteiger partial charge in [0.25, 0.3) is 5.91 Å². The van der Waals surface area contributed by atoms with Crippen molar-refractivity contribution in [2.75, 3.05) is 6.61 Å². The van der Waals surface area contributed by atoms with Gasteiger partial charge in [-0.15, -0.1) is 0 Å². The summed E-state index contributed by atoms with van der Waals surface area (Å²) in [5, 5.41) is 0. The summed E-state index contributed by atoms with van der Waals surface area (Å²) in [5.74, 6) is 3.92. The fourth-order valence-electron chi connectivity index (χ4n) is 0.869. The molecule has 8 heteroatoms. The molecule has 1 heterocycles. The lowest BCUT2D eigenvalue weighted by molar-refractivity contribution is -0.154. The molecule has 0 aromatic carbocycles. The fourth-order valence-corrected chi connectivity index (χ4v) is 0.869. The molecule has 0 spiro atoms. The van der Waals surface area contributed by atoms with Crippen LogP contribution < -0.4 is 16.0 Å². The Labute approximate surface area is 88.4 Å². The van der Waals surface area contributed by atoms with Gasteiger partial charge in [0.15, 0.2) is 6.61 Å². The van der Waals surface area contributed by atoms with Crippen LogP contribution in [-0.2, 0) is 0 Å². The molecule has 0 radical (unpaired) electrons. The second-order valence-electron chi connectivity index (χ2n) is 2.76. The van der Waals surface area contributed by atoms with Gasteiger partial charge in [-0.05, 0) is 6.07 Å². The van der Waals surface area contributed by atoms with E-state index in [1.54, 1.807) is 0 Å². The number of carbonyl (C=O) groups excluding carboxylic acids is 1. The number of hydrogen-bond acceptors (Lipinski definition) is 4. The van der Waals surface area contributed by atoms with Crippen molar-refractivity contribution in [1.82, 2.24) is 10.4 Å². The van der Waals surface area contributed by atoms with Gasteiger partial charge in [0, 0.05) is 17.8 Å². The van der Waals surface area contributed by atoms with E-state index in [1.165, 1.54) is 6.07 Å². The first-order chi connectivity index (χ1) is 7.42. The molecule has 0 aliphatic heterocycles.